The van der Waals surface area contributed by atoms with Crippen molar-refractivity contribution in [2.75, 3.05) is 11.3 Å². The number of benzene rings is 2. The molecule has 0 bridgehead atoms. The largest absolute Gasteiger partial charge is 0.459 e. The Morgan fingerprint density at radius 2 is 1.93 bits per heavy atom. The average Bonchev–Trinajstić information content (AvgIpc) is 3.37. The van der Waals surface area contributed by atoms with Gasteiger partial charge in [-0.1, -0.05) is 30.3 Å². The van der Waals surface area contributed by atoms with Crippen LogP contribution in [0.2, 0.25) is 0 Å². The Balaban J connectivity index is 1.38. The van der Waals surface area contributed by atoms with Gasteiger partial charge in [0.2, 0.25) is 15.9 Å². The molecule has 9 heteroatoms. The van der Waals surface area contributed by atoms with Crippen molar-refractivity contribution in [2.45, 2.75) is 30.7 Å². The molecule has 1 aliphatic rings. The number of rotatable bonds is 6. The van der Waals surface area contributed by atoms with Gasteiger partial charge < -0.3 is 15.1 Å². The minimum absolute atomic E-state index is 0.0858. The third-order valence-corrected chi connectivity index (χ3v) is 6.94. The molecular weight excluding hydrogens is 409 g/mol. The molecule has 0 spiro atoms. The summed E-state index contributed by atoms with van der Waals surface area (Å²) in [7, 11) is -3.85. The summed E-state index contributed by atoms with van der Waals surface area (Å²) in [5.74, 6) is -0.347. The second-order valence-electron chi connectivity index (χ2n) is 7.36. The molecule has 2 heterocycles. The van der Waals surface area contributed by atoms with Crippen LogP contribution in [0.15, 0.2) is 59.0 Å². The molecule has 0 aliphatic carbocycles. The van der Waals surface area contributed by atoms with Crippen LogP contribution in [0.25, 0.3) is 11.0 Å². The van der Waals surface area contributed by atoms with E-state index in [1.54, 1.807) is 13.0 Å². The molecule has 30 heavy (non-hydrogen) atoms. The number of carbonyl (C=O) groups is 1. The maximum absolute atomic E-state index is 13.8. The van der Waals surface area contributed by atoms with Crippen molar-refractivity contribution in [3.63, 3.8) is 0 Å². The van der Waals surface area contributed by atoms with Crippen molar-refractivity contribution < 1.29 is 22.0 Å². The molecule has 1 amide bonds. The number of furan rings is 1. The lowest BCUT2D eigenvalue weighted by Crippen LogP contribution is -2.41. The molecule has 3 atom stereocenters. The topological polar surface area (TPSA) is 100 Å². The second kappa shape index (κ2) is 8.08. The van der Waals surface area contributed by atoms with E-state index < -0.39 is 27.1 Å². The average molecular weight is 431 g/mol. The molecule has 2 aromatic carbocycles. The summed E-state index contributed by atoms with van der Waals surface area (Å²) >= 11 is 0. The molecule has 158 valence electrons. The maximum Gasteiger partial charge on any atom is 0.237 e. The van der Waals surface area contributed by atoms with Gasteiger partial charge in [0.25, 0.3) is 0 Å². The Labute approximate surface area is 173 Å². The van der Waals surface area contributed by atoms with Gasteiger partial charge in [0.15, 0.2) is 0 Å². The second-order valence-corrected chi connectivity index (χ2v) is 9.32. The summed E-state index contributed by atoms with van der Waals surface area (Å²) in [5.41, 5.74) is 0.627. The lowest BCUT2D eigenvalue weighted by atomic mass is 10.1. The van der Waals surface area contributed by atoms with E-state index in [9.17, 15) is 17.6 Å². The molecule has 1 aliphatic heterocycles. The number of anilines is 1. The van der Waals surface area contributed by atoms with E-state index in [1.165, 1.54) is 18.2 Å². The summed E-state index contributed by atoms with van der Waals surface area (Å²) in [6.45, 7) is 1.90. The molecule has 3 N–H and O–H groups in total. The van der Waals surface area contributed by atoms with E-state index in [-0.39, 0.29) is 30.6 Å². The first-order chi connectivity index (χ1) is 14.3. The summed E-state index contributed by atoms with van der Waals surface area (Å²) in [6, 6.07) is 13.9. The number of nitrogens with one attached hydrogen (secondary N) is 3. The van der Waals surface area contributed by atoms with Crippen molar-refractivity contribution in [2.24, 2.45) is 0 Å². The van der Waals surface area contributed by atoms with Gasteiger partial charge in [-0.15, -0.1) is 0 Å². The van der Waals surface area contributed by atoms with Crippen molar-refractivity contribution in [1.82, 2.24) is 10.6 Å². The monoisotopic (exact) mass is 431 g/mol. The smallest absolute Gasteiger partial charge is 0.237 e. The minimum Gasteiger partial charge on any atom is -0.459 e. The zero-order chi connectivity index (χ0) is 21.3. The fourth-order valence-electron chi connectivity index (χ4n) is 3.52. The van der Waals surface area contributed by atoms with E-state index in [1.807, 2.05) is 30.3 Å². The number of para-hydroxylation sites is 2. The Kier molecular flexibility index (Phi) is 5.48. The van der Waals surface area contributed by atoms with Crippen LogP contribution in [-0.2, 0) is 14.8 Å². The van der Waals surface area contributed by atoms with Gasteiger partial charge in [-0.2, -0.15) is 0 Å². The lowest BCUT2D eigenvalue weighted by Gasteiger charge is -2.16. The highest BCUT2D eigenvalue weighted by Gasteiger charge is 2.38. The minimum atomic E-state index is -3.85. The Morgan fingerprint density at radius 3 is 2.70 bits per heavy atom. The van der Waals surface area contributed by atoms with Crippen LogP contribution in [0.5, 0.6) is 0 Å². The summed E-state index contributed by atoms with van der Waals surface area (Å²) in [4.78, 5) is 12.6. The van der Waals surface area contributed by atoms with Gasteiger partial charge in [0.05, 0.1) is 23.0 Å². The lowest BCUT2D eigenvalue weighted by molar-refractivity contribution is -0.123. The highest BCUT2D eigenvalue weighted by atomic mass is 32.2. The number of halogens is 1. The molecule has 4 rings (SSSR count). The predicted octanol–water partition coefficient (Wildman–Crippen LogP) is 2.92. The third kappa shape index (κ3) is 4.17. The zero-order valence-corrected chi connectivity index (χ0v) is 17.1. The molecule has 1 aromatic heterocycles. The molecule has 0 radical (unpaired) electrons. The van der Waals surface area contributed by atoms with Crippen molar-refractivity contribution in [1.29, 1.82) is 0 Å². The number of fused-ring (bicyclic) bond motifs is 1. The van der Waals surface area contributed by atoms with E-state index >= 15 is 0 Å². The van der Waals surface area contributed by atoms with Crippen LogP contribution in [0.1, 0.15) is 25.1 Å². The van der Waals surface area contributed by atoms with E-state index in [0.717, 1.165) is 11.0 Å². The van der Waals surface area contributed by atoms with Crippen LogP contribution < -0.4 is 15.4 Å². The van der Waals surface area contributed by atoms with Crippen molar-refractivity contribution >= 4 is 32.6 Å². The highest BCUT2D eigenvalue weighted by Crippen LogP contribution is 2.25. The molecule has 0 saturated carbocycles. The predicted molar refractivity (Wildman–Crippen MR) is 112 cm³/mol. The highest BCUT2D eigenvalue weighted by molar-refractivity contribution is 7.93. The van der Waals surface area contributed by atoms with Gasteiger partial charge in [-0.05, 0) is 37.6 Å². The molecular formula is C21H22FN3O4S. The van der Waals surface area contributed by atoms with E-state index in [4.69, 9.17) is 4.42 Å². The zero-order valence-electron chi connectivity index (χ0n) is 16.3. The fraction of sp³-hybridized carbons (Fsp3) is 0.286. The van der Waals surface area contributed by atoms with Crippen LogP contribution in [0.4, 0.5) is 10.1 Å². The van der Waals surface area contributed by atoms with E-state index in [2.05, 4.69) is 15.4 Å². The van der Waals surface area contributed by atoms with Crippen LogP contribution in [0.3, 0.4) is 0 Å². The molecule has 1 saturated heterocycles. The van der Waals surface area contributed by atoms with Crippen LogP contribution >= 0.6 is 0 Å². The molecule has 7 nitrogen and oxygen atoms in total. The number of sulfonamides is 1. The van der Waals surface area contributed by atoms with Gasteiger partial charge in [-0.3, -0.25) is 9.52 Å². The number of amides is 1. The first-order valence-corrected chi connectivity index (χ1v) is 11.2. The molecule has 3 unspecified atom stereocenters. The van der Waals surface area contributed by atoms with Crippen molar-refractivity contribution in [3.8, 4) is 0 Å². The molecule has 3 aromatic rings. The fourth-order valence-corrected chi connectivity index (χ4v) is 4.92. The third-order valence-electron chi connectivity index (χ3n) is 5.20. The van der Waals surface area contributed by atoms with Gasteiger partial charge in [0, 0.05) is 11.9 Å². The van der Waals surface area contributed by atoms with Gasteiger partial charge >= 0.3 is 0 Å². The number of hydrogen-bond acceptors (Lipinski definition) is 5. The number of carbonyl (C=O) groups excluding carboxylic acids is 1. The first-order valence-electron chi connectivity index (χ1n) is 9.62. The summed E-state index contributed by atoms with van der Waals surface area (Å²) in [5, 5.41) is 5.89. The quantitative estimate of drug-likeness (QED) is 0.557. The van der Waals surface area contributed by atoms with Crippen molar-refractivity contribution in [3.05, 3.63) is 66.2 Å². The Bertz CT molecular complexity index is 1140. The Hall–Kier alpha value is -2.91. The Morgan fingerprint density at radius 1 is 1.20 bits per heavy atom. The maximum atomic E-state index is 13.8. The SMILES string of the molecule is CC(NC(=O)C1CC(S(=O)(=O)Nc2ccccc2F)CN1)c1cc2ccccc2o1. The first kappa shape index (κ1) is 20.4. The van der Waals surface area contributed by atoms with E-state index in [0.29, 0.717) is 5.76 Å². The van der Waals surface area contributed by atoms with Crippen LogP contribution in [0, 0.1) is 5.82 Å². The number of hydrogen-bond donors (Lipinski definition) is 3. The van der Waals surface area contributed by atoms with Gasteiger partial charge in [0.1, 0.15) is 17.2 Å². The standard InChI is InChI=1S/C21H22FN3O4S/c1-13(20-10-14-6-2-5-9-19(14)29-20)24-21(26)18-11-15(12-23-18)30(27,28)25-17-8-4-3-7-16(17)22/h2-10,13,15,18,23,25H,11-12H2,1H3,(H,24,26). The summed E-state index contributed by atoms with van der Waals surface area (Å²) in [6.07, 6.45) is 0.0858. The van der Waals surface area contributed by atoms with Gasteiger partial charge in [-0.25, -0.2) is 12.8 Å². The van der Waals surface area contributed by atoms with Crippen LogP contribution in [-0.4, -0.2) is 32.2 Å². The normalized spacial score (nSPS) is 20.2. The molecule has 1 fully saturated rings. The summed E-state index contributed by atoms with van der Waals surface area (Å²) < 4.78 is 47.0.